The average molecular weight is 106 g/mol. The molecular weight excluding hydrogens is 96.0 g/mol. The van der Waals surface area contributed by atoms with Gasteiger partial charge in [-0.05, 0) is 0 Å². The number of hydroxylamine groups is 2. The van der Waals surface area contributed by atoms with Crippen molar-refractivity contribution in [1.29, 1.82) is 0 Å². The summed E-state index contributed by atoms with van der Waals surface area (Å²) in [5.41, 5.74) is 0. The number of oxime groups is 1. The van der Waals surface area contributed by atoms with Crippen LogP contribution >= 0.6 is 0 Å². The van der Waals surface area contributed by atoms with Crippen LogP contribution in [0.25, 0.3) is 0 Å². The zero-order chi connectivity index (χ0) is 6.28. The largest absolute Gasteiger partial charge is 0.411 e. The fraction of sp³-hybridized carbons (Fsp3) is 0.667. The van der Waals surface area contributed by atoms with Gasteiger partial charge in [0.15, 0.2) is 0 Å². The first-order chi connectivity index (χ1) is 3.15. The summed E-state index contributed by atoms with van der Waals surface area (Å²) < 4.78 is 0. The fourth-order valence-electron chi connectivity index (χ4n) is 0. The number of hydrogen-bond acceptors (Lipinski definition) is 4. The predicted molar refractivity (Wildman–Crippen MR) is 26.8 cm³/mol. The van der Waals surface area contributed by atoms with E-state index in [0.29, 0.717) is 0 Å². The Bertz CT molecular complexity index is 35.2. The molecule has 0 fully saturated rings. The van der Waals surface area contributed by atoms with Gasteiger partial charge >= 0.3 is 0 Å². The summed E-state index contributed by atoms with van der Waals surface area (Å²) in [6, 6.07) is 0. The van der Waals surface area contributed by atoms with Crippen LogP contribution in [0.2, 0.25) is 0 Å². The molecule has 44 valence electrons. The van der Waals surface area contributed by atoms with Crippen LogP contribution in [0.4, 0.5) is 0 Å². The maximum absolute atomic E-state index is 7.89. The Kier molecular flexibility index (Phi) is 12.4. The lowest BCUT2D eigenvalue weighted by atomic mass is 11.2. The molecule has 0 atom stereocenters. The summed E-state index contributed by atoms with van der Waals surface area (Å²) in [5.74, 6) is 0. The summed E-state index contributed by atoms with van der Waals surface area (Å²) in [4.78, 5) is 0. The van der Waals surface area contributed by atoms with Gasteiger partial charge in [-0.2, -0.15) is 5.06 Å². The lowest BCUT2D eigenvalue weighted by molar-refractivity contribution is -0.0372. The SMILES string of the molecule is C=NO.CN(C)O. The Hall–Kier alpha value is -0.610. The van der Waals surface area contributed by atoms with Gasteiger partial charge in [-0.3, -0.25) is 0 Å². The predicted octanol–water partition coefficient (Wildman–Crippen LogP) is 0.0134. The van der Waals surface area contributed by atoms with Gasteiger partial charge in [-0.15, -0.1) is 5.16 Å². The van der Waals surface area contributed by atoms with Gasteiger partial charge in [0.05, 0.1) is 0 Å². The Morgan fingerprint density at radius 1 is 1.57 bits per heavy atom. The van der Waals surface area contributed by atoms with E-state index in [1.54, 1.807) is 14.1 Å². The highest BCUT2D eigenvalue weighted by Gasteiger charge is 1.59. The molecule has 0 aliphatic rings. The Balaban J connectivity index is 0. The van der Waals surface area contributed by atoms with Gasteiger partial charge in [-0.25, -0.2) is 0 Å². The minimum Gasteiger partial charge on any atom is -0.411 e. The van der Waals surface area contributed by atoms with Crippen molar-refractivity contribution in [2.24, 2.45) is 5.16 Å². The van der Waals surface area contributed by atoms with E-state index in [9.17, 15) is 0 Å². The molecule has 2 N–H and O–H groups in total. The van der Waals surface area contributed by atoms with Crippen molar-refractivity contribution in [2.45, 2.75) is 0 Å². The van der Waals surface area contributed by atoms with Crippen molar-refractivity contribution >= 4 is 6.72 Å². The van der Waals surface area contributed by atoms with Gasteiger partial charge in [-0.1, -0.05) is 0 Å². The smallest absolute Gasteiger partial charge is 0.0298 e. The molecule has 0 unspecified atom stereocenters. The summed E-state index contributed by atoms with van der Waals surface area (Å²) in [5, 5.41) is 18.2. The molecular formula is C3H10N2O2. The lowest BCUT2D eigenvalue weighted by Gasteiger charge is -1.89. The minimum absolute atomic E-state index is 1.00. The van der Waals surface area contributed by atoms with E-state index >= 15 is 0 Å². The van der Waals surface area contributed by atoms with Crippen molar-refractivity contribution in [3.63, 3.8) is 0 Å². The summed E-state index contributed by atoms with van der Waals surface area (Å²) in [6.07, 6.45) is 0. The first-order valence-electron chi connectivity index (χ1n) is 1.61. The second kappa shape index (κ2) is 9.04. The molecule has 4 nitrogen and oxygen atoms in total. The topological polar surface area (TPSA) is 56.1 Å². The van der Waals surface area contributed by atoms with Gasteiger partial charge in [0.1, 0.15) is 0 Å². The molecule has 0 aliphatic carbocycles. The summed E-state index contributed by atoms with van der Waals surface area (Å²) in [7, 11) is 3.11. The number of nitrogens with zero attached hydrogens (tertiary/aromatic N) is 2. The van der Waals surface area contributed by atoms with E-state index in [4.69, 9.17) is 10.4 Å². The van der Waals surface area contributed by atoms with Crippen LogP contribution in [-0.2, 0) is 0 Å². The van der Waals surface area contributed by atoms with Crippen LogP contribution in [0.15, 0.2) is 5.16 Å². The molecule has 0 saturated carbocycles. The molecule has 7 heavy (non-hydrogen) atoms. The van der Waals surface area contributed by atoms with Gasteiger partial charge in [0.2, 0.25) is 0 Å². The van der Waals surface area contributed by atoms with E-state index in [1.807, 2.05) is 0 Å². The van der Waals surface area contributed by atoms with Crippen LogP contribution in [0, 0.1) is 0 Å². The molecule has 0 heterocycles. The summed E-state index contributed by atoms with van der Waals surface area (Å²) >= 11 is 0. The highest BCUT2D eigenvalue weighted by Crippen LogP contribution is 1.46. The minimum atomic E-state index is 1.00. The van der Waals surface area contributed by atoms with Crippen LogP contribution in [0.1, 0.15) is 0 Å². The van der Waals surface area contributed by atoms with Gasteiger partial charge in [0, 0.05) is 20.8 Å². The van der Waals surface area contributed by atoms with Crippen molar-refractivity contribution in [3.8, 4) is 0 Å². The lowest BCUT2D eigenvalue weighted by Crippen LogP contribution is -2.01. The van der Waals surface area contributed by atoms with E-state index in [0.717, 1.165) is 5.06 Å². The maximum atomic E-state index is 7.89. The first kappa shape index (κ1) is 9.63. The molecule has 0 bridgehead atoms. The third-order valence-corrected chi connectivity index (χ3v) is 0. The highest BCUT2D eigenvalue weighted by atomic mass is 16.5. The maximum Gasteiger partial charge on any atom is 0.0298 e. The molecule has 4 heteroatoms. The van der Waals surface area contributed by atoms with Crippen molar-refractivity contribution < 1.29 is 10.4 Å². The van der Waals surface area contributed by atoms with Crippen molar-refractivity contribution in [2.75, 3.05) is 14.1 Å². The van der Waals surface area contributed by atoms with E-state index in [2.05, 4.69) is 11.9 Å². The van der Waals surface area contributed by atoms with Crippen LogP contribution in [0.5, 0.6) is 0 Å². The Morgan fingerprint density at radius 3 is 1.57 bits per heavy atom. The Labute approximate surface area is 42.6 Å². The average Bonchev–Trinajstić information content (AvgIpc) is 1.33. The third kappa shape index (κ3) is 166. The molecule has 0 spiro atoms. The molecule has 0 rings (SSSR count). The zero-order valence-corrected chi connectivity index (χ0v) is 4.50. The van der Waals surface area contributed by atoms with Crippen molar-refractivity contribution in [1.82, 2.24) is 5.06 Å². The molecule has 0 aromatic rings. The van der Waals surface area contributed by atoms with Gasteiger partial charge in [0.25, 0.3) is 0 Å². The van der Waals surface area contributed by atoms with E-state index in [1.165, 1.54) is 0 Å². The van der Waals surface area contributed by atoms with Crippen LogP contribution < -0.4 is 0 Å². The molecule has 0 aromatic heterocycles. The molecule has 0 amide bonds. The quantitative estimate of drug-likeness (QED) is 0.260. The zero-order valence-electron chi connectivity index (χ0n) is 4.50. The van der Waals surface area contributed by atoms with Crippen molar-refractivity contribution in [3.05, 3.63) is 0 Å². The van der Waals surface area contributed by atoms with E-state index < -0.39 is 0 Å². The van der Waals surface area contributed by atoms with Crippen LogP contribution in [-0.4, -0.2) is 36.3 Å². The van der Waals surface area contributed by atoms with E-state index in [-0.39, 0.29) is 0 Å². The van der Waals surface area contributed by atoms with Crippen LogP contribution in [0.3, 0.4) is 0 Å². The normalized spacial score (nSPS) is 6.86. The number of rotatable bonds is 0. The van der Waals surface area contributed by atoms with Gasteiger partial charge < -0.3 is 10.4 Å². The fourth-order valence-corrected chi connectivity index (χ4v) is 0. The number of hydrogen-bond donors (Lipinski definition) is 2. The molecule has 0 radical (unpaired) electrons. The monoisotopic (exact) mass is 106 g/mol. The standard InChI is InChI=1S/C2H7NO.CH3NO/c1-3(2)4;1-2-3/h4H,1-2H3;3H,1H2. The molecule has 0 aliphatic heterocycles. The molecule has 0 aromatic carbocycles. The first-order valence-corrected chi connectivity index (χ1v) is 1.61. The highest BCUT2D eigenvalue weighted by molar-refractivity contribution is 5.20. The third-order valence-electron chi connectivity index (χ3n) is 0. The Morgan fingerprint density at radius 2 is 1.57 bits per heavy atom. The second-order valence-corrected chi connectivity index (χ2v) is 0.989. The molecule has 0 saturated heterocycles. The second-order valence-electron chi connectivity index (χ2n) is 0.989. The summed E-state index contributed by atoms with van der Waals surface area (Å²) in [6.45, 7) is 2.67.